The van der Waals surface area contributed by atoms with Crippen molar-refractivity contribution in [1.29, 1.82) is 0 Å². The van der Waals surface area contributed by atoms with Gasteiger partial charge in [0, 0.05) is 39.1 Å². The van der Waals surface area contributed by atoms with Gasteiger partial charge in [0.1, 0.15) is 0 Å². The minimum absolute atomic E-state index is 0.753. The molecule has 0 spiro atoms. The SMILES string of the molecule is COCCNCc1ccn(Cc2ccc(C)c(C)c2)c1. The number of aryl methyl sites for hydroxylation is 2. The van der Waals surface area contributed by atoms with Crippen LogP contribution in [0.4, 0.5) is 0 Å². The molecule has 2 aromatic rings. The van der Waals surface area contributed by atoms with Crippen molar-refractivity contribution in [1.82, 2.24) is 9.88 Å². The summed E-state index contributed by atoms with van der Waals surface area (Å²) in [5, 5.41) is 3.36. The number of methoxy groups -OCH3 is 1. The second-order valence-corrected chi connectivity index (χ2v) is 5.28. The molecule has 1 aromatic heterocycles. The van der Waals surface area contributed by atoms with Crippen LogP contribution in [0.2, 0.25) is 0 Å². The van der Waals surface area contributed by atoms with Crippen molar-refractivity contribution in [3.63, 3.8) is 0 Å². The first kappa shape index (κ1) is 14.8. The van der Waals surface area contributed by atoms with Gasteiger partial charge in [0.05, 0.1) is 6.61 Å². The number of hydrogen-bond acceptors (Lipinski definition) is 2. The van der Waals surface area contributed by atoms with Gasteiger partial charge >= 0.3 is 0 Å². The van der Waals surface area contributed by atoms with Crippen molar-refractivity contribution in [2.45, 2.75) is 26.9 Å². The summed E-state index contributed by atoms with van der Waals surface area (Å²) in [5.74, 6) is 0. The average Bonchev–Trinajstić information content (AvgIpc) is 2.87. The van der Waals surface area contributed by atoms with Crippen LogP contribution >= 0.6 is 0 Å². The zero-order chi connectivity index (χ0) is 14.4. The molecule has 0 unspecified atom stereocenters. The van der Waals surface area contributed by atoms with Gasteiger partial charge in [0.15, 0.2) is 0 Å². The average molecular weight is 272 g/mol. The zero-order valence-corrected chi connectivity index (χ0v) is 12.6. The monoisotopic (exact) mass is 272 g/mol. The molecule has 0 amide bonds. The lowest BCUT2D eigenvalue weighted by Crippen LogP contribution is -2.18. The summed E-state index contributed by atoms with van der Waals surface area (Å²) in [4.78, 5) is 0. The Labute approximate surface area is 121 Å². The number of nitrogens with one attached hydrogen (secondary N) is 1. The summed E-state index contributed by atoms with van der Waals surface area (Å²) in [6.07, 6.45) is 4.34. The van der Waals surface area contributed by atoms with Gasteiger partial charge in [-0.15, -0.1) is 0 Å². The van der Waals surface area contributed by atoms with E-state index in [4.69, 9.17) is 4.74 Å². The van der Waals surface area contributed by atoms with Gasteiger partial charge in [-0.05, 0) is 42.2 Å². The summed E-state index contributed by atoms with van der Waals surface area (Å²) in [6.45, 7) is 7.78. The quantitative estimate of drug-likeness (QED) is 0.784. The van der Waals surface area contributed by atoms with E-state index in [1.165, 1.54) is 22.3 Å². The van der Waals surface area contributed by atoms with Gasteiger partial charge < -0.3 is 14.6 Å². The van der Waals surface area contributed by atoms with E-state index in [0.29, 0.717) is 0 Å². The molecule has 0 radical (unpaired) electrons. The summed E-state index contributed by atoms with van der Waals surface area (Å²) < 4.78 is 7.25. The summed E-state index contributed by atoms with van der Waals surface area (Å²) >= 11 is 0. The van der Waals surface area contributed by atoms with Crippen LogP contribution in [-0.2, 0) is 17.8 Å². The summed E-state index contributed by atoms with van der Waals surface area (Å²) in [6, 6.07) is 8.84. The molecule has 1 aromatic carbocycles. The van der Waals surface area contributed by atoms with Crippen LogP contribution in [0.5, 0.6) is 0 Å². The maximum Gasteiger partial charge on any atom is 0.0587 e. The Kier molecular flexibility index (Phi) is 5.39. The van der Waals surface area contributed by atoms with E-state index in [2.05, 4.69) is 60.4 Å². The molecule has 108 valence electrons. The molecule has 0 saturated heterocycles. The molecule has 0 atom stereocenters. The Morgan fingerprint density at radius 2 is 1.95 bits per heavy atom. The van der Waals surface area contributed by atoms with Crippen molar-refractivity contribution in [3.05, 3.63) is 58.9 Å². The molecule has 2 rings (SSSR count). The van der Waals surface area contributed by atoms with E-state index >= 15 is 0 Å². The van der Waals surface area contributed by atoms with Crippen LogP contribution in [0.1, 0.15) is 22.3 Å². The maximum atomic E-state index is 5.02. The third-order valence-corrected chi connectivity index (χ3v) is 3.56. The summed E-state index contributed by atoms with van der Waals surface area (Å²) in [7, 11) is 1.72. The number of nitrogens with zero attached hydrogens (tertiary/aromatic N) is 1. The highest BCUT2D eigenvalue weighted by Crippen LogP contribution is 2.12. The van der Waals surface area contributed by atoms with E-state index in [0.717, 1.165) is 26.2 Å². The Hall–Kier alpha value is -1.58. The van der Waals surface area contributed by atoms with E-state index in [9.17, 15) is 0 Å². The third kappa shape index (κ3) is 4.22. The normalized spacial score (nSPS) is 10.9. The molecular formula is C17H24N2O. The Morgan fingerprint density at radius 3 is 2.70 bits per heavy atom. The van der Waals surface area contributed by atoms with E-state index in [-0.39, 0.29) is 0 Å². The van der Waals surface area contributed by atoms with Crippen LogP contribution in [0.15, 0.2) is 36.7 Å². The molecular weight excluding hydrogens is 248 g/mol. The Morgan fingerprint density at radius 1 is 1.10 bits per heavy atom. The molecule has 0 saturated carbocycles. The Balaban J connectivity index is 1.90. The largest absolute Gasteiger partial charge is 0.383 e. The van der Waals surface area contributed by atoms with Crippen molar-refractivity contribution in [2.24, 2.45) is 0 Å². The predicted octanol–water partition coefficient (Wildman–Crippen LogP) is 2.89. The number of ether oxygens (including phenoxy) is 1. The molecule has 0 aliphatic heterocycles. The highest BCUT2D eigenvalue weighted by molar-refractivity contribution is 5.30. The highest BCUT2D eigenvalue weighted by atomic mass is 16.5. The third-order valence-electron chi connectivity index (χ3n) is 3.56. The molecule has 0 aliphatic rings. The minimum atomic E-state index is 0.753. The predicted molar refractivity (Wildman–Crippen MR) is 83.0 cm³/mol. The van der Waals surface area contributed by atoms with Crippen LogP contribution in [0.3, 0.4) is 0 Å². The van der Waals surface area contributed by atoms with E-state index < -0.39 is 0 Å². The van der Waals surface area contributed by atoms with Crippen molar-refractivity contribution in [3.8, 4) is 0 Å². The van der Waals surface area contributed by atoms with Gasteiger partial charge in [-0.1, -0.05) is 18.2 Å². The van der Waals surface area contributed by atoms with Crippen molar-refractivity contribution in [2.75, 3.05) is 20.3 Å². The van der Waals surface area contributed by atoms with E-state index in [1.54, 1.807) is 7.11 Å². The molecule has 0 bridgehead atoms. The van der Waals surface area contributed by atoms with Crippen molar-refractivity contribution >= 4 is 0 Å². The van der Waals surface area contributed by atoms with Crippen LogP contribution in [-0.4, -0.2) is 24.8 Å². The lowest BCUT2D eigenvalue weighted by atomic mass is 10.1. The molecule has 0 fully saturated rings. The topological polar surface area (TPSA) is 26.2 Å². The molecule has 1 N–H and O–H groups in total. The number of benzene rings is 1. The fraction of sp³-hybridized carbons (Fsp3) is 0.412. The second-order valence-electron chi connectivity index (χ2n) is 5.28. The minimum Gasteiger partial charge on any atom is -0.383 e. The smallest absolute Gasteiger partial charge is 0.0587 e. The van der Waals surface area contributed by atoms with Crippen LogP contribution in [0, 0.1) is 13.8 Å². The van der Waals surface area contributed by atoms with Gasteiger partial charge in [0.25, 0.3) is 0 Å². The molecule has 3 heteroatoms. The van der Waals surface area contributed by atoms with Crippen LogP contribution in [0.25, 0.3) is 0 Å². The highest BCUT2D eigenvalue weighted by Gasteiger charge is 2.00. The molecule has 3 nitrogen and oxygen atoms in total. The molecule has 20 heavy (non-hydrogen) atoms. The first-order chi connectivity index (χ1) is 9.69. The van der Waals surface area contributed by atoms with Gasteiger partial charge in [-0.2, -0.15) is 0 Å². The fourth-order valence-electron chi connectivity index (χ4n) is 2.21. The van der Waals surface area contributed by atoms with Crippen LogP contribution < -0.4 is 5.32 Å². The van der Waals surface area contributed by atoms with E-state index in [1.807, 2.05) is 0 Å². The lowest BCUT2D eigenvalue weighted by molar-refractivity contribution is 0.199. The summed E-state index contributed by atoms with van der Waals surface area (Å²) in [5.41, 5.74) is 5.37. The first-order valence-corrected chi connectivity index (χ1v) is 7.09. The molecule has 1 heterocycles. The standard InChI is InChI=1S/C17H24N2O/c1-14-4-5-16(10-15(14)2)12-19-8-6-17(13-19)11-18-7-9-20-3/h4-6,8,10,13,18H,7,9,11-12H2,1-3H3. The first-order valence-electron chi connectivity index (χ1n) is 7.09. The number of aromatic nitrogens is 1. The number of rotatable bonds is 7. The Bertz CT molecular complexity index is 546. The maximum absolute atomic E-state index is 5.02. The second kappa shape index (κ2) is 7.27. The molecule has 0 aliphatic carbocycles. The fourth-order valence-corrected chi connectivity index (χ4v) is 2.21. The van der Waals surface area contributed by atoms with Gasteiger partial charge in [-0.3, -0.25) is 0 Å². The van der Waals surface area contributed by atoms with Crippen molar-refractivity contribution < 1.29 is 4.74 Å². The number of hydrogen-bond donors (Lipinski definition) is 1. The zero-order valence-electron chi connectivity index (χ0n) is 12.6. The van der Waals surface area contributed by atoms with Gasteiger partial charge in [0.2, 0.25) is 0 Å². The van der Waals surface area contributed by atoms with Gasteiger partial charge in [-0.25, -0.2) is 0 Å². The lowest BCUT2D eigenvalue weighted by Gasteiger charge is -2.06.